The van der Waals surface area contributed by atoms with Gasteiger partial charge in [0.2, 0.25) is 23.6 Å². The highest BCUT2D eigenvalue weighted by Gasteiger charge is 2.31. The van der Waals surface area contributed by atoms with Crippen molar-refractivity contribution in [1.82, 2.24) is 16.0 Å². The van der Waals surface area contributed by atoms with Crippen molar-refractivity contribution in [2.45, 2.75) is 62.7 Å². The van der Waals surface area contributed by atoms with E-state index >= 15 is 0 Å². The number of nitrogens with two attached hydrogens (primary N) is 3. The molecule has 0 bridgehead atoms. The quantitative estimate of drug-likeness (QED) is 0.100. The van der Waals surface area contributed by atoms with Gasteiger partial charge in [0.15, 0.2) is 0 Å². The molecule has 4 amide bonds. The van der Waals surface area contributed by atoms with Gasteiger partial charge in [0.05, 0.1) is 18.9 Å². The van der Waals surface area contributed by atoms with E-state index in [0.29, 0.717) is 24.9 Å². The molecule has 204 valence electrons. The van der Waals surface area contributed by atoms with E-state index in [4.69, 9.17) is 22.3 Å². The lowest BCUT2D eigenvalue weighted by atomic mass is 10.0. The van der Waals surface area contributed by atoms with Gasteiger partial charge < -0.3 is 43.4 Å². The Morgan fingerprint density at radius 2 is 1.35 bits per heavy atom. The van der Waals surface area contributed by atoms with Gasteiger partial charge in [-0.3, -0.25) is 24.0 Å². The van der Waals surface area contributed by atoms with Crippen molar-refractivity contribution in [1.29, 1.82) is 0 Å². The van der Waals surface area contributed by atoms with Crippen LogP contribution in [-0.2, 0) is 35.2 Å². The number of carbonyl (C=O) groups excluding carboxylic acids is 4. The predicted octanol–water partition coefficient (Wildman–Crippen LogP) is -2.43. The molecule has 14 heteroatoms. The number of carboxylic acids is 2. The summed E-state index contributed by atoms with van der Waals surface area (Å²) in [5, 5.41) is 25.3. The third-order valence-corrected chi connectivity index (χ3v) is 5.25. The monoisotopic (exact) mass is 522 g/mol. The van der Waals surface area contributed by atoms with Gasteiger partial charge >= 0.3 is 11.9 Å². The van der Waals surface area contributed by atoms with E-state index in [-0.39, 0.29) is 12.8 Å². The minimum absolute atomic E-state index is 0.00519. The summed E-state index contributed by atoms with van der Waals surface area (Å²) in [6, 6.07) is 3.11. The second-order valence-corrected chi connectivity index (χ2v) is 8.37. The van der Waals surface area contributed by atoms with E-state index in [0.717, 1.165) is 0 Å². The van der Waals surface area contributed by atoms with Crippen molar-refractivity contribution in [2.24, 2.45) is 17.2 Å². The van der Waals surface area contributed by atoms with Gasteiger partial charge in [-0.2, -0.15) is 0 Å². The molecular formula is C23H34N6O8. The van der Waals surface area contributed by atoms with Gasteiger partial charge in [0.1, 0.15) is 18.1 Å². The molecule has 0 aromatic heterocycles. The van der Waals surface area contributed by atoms with Gasteiger partial charge in [0, 0.05) is 6.42 Å². The van der Waals surface area contributed by atoms with Crippen LogP contribution in [0.15, 0.2) is 30.3 Å². The SMILES string of the molecule is NCCCCC(NC(=O)C(Cc1ccccc1)NC(=O)C(N)CC(=O)O)C(=O)NC(CC(N)=O)C(=O)O. The maximum atomic E-state index is 13.2. The van der Waals surface area contributed by atoms with Gasteiger partial charge in [-0.05, 0) is 31.4 Å². The molecule has 1 aromatic carbocycles. The number of carboxylic acid groups (broad SMARTS) is 2. The predicted molar refractivity (Wildman–Crippen MR) is 131 cm³/mol. The highest BCUT2D eigenvalue weighted by Crippen LogP contribution is 2.08. The van der Waals surface area contributed by atoms with Crippen LogP contribution in [0, 0.1) is 0 Å². The molecule has 0 radical (unpaired) electrons. The third kappa shape index (κ3) is 12.0. The van der Waals surface area contributed by atoms with Crippen LogP contribution in [0.1, 0.15) is 37.7 Å². The molecule has 11 N–H and O–H groups in total. The zero-order chi connectivity index (χ0) is 28.0. The molecule has 4 atom stereocenters. The molecule has 0 aliphatic rings. The summed E-state index contributed by atoms with van der Waals surface area (Å²) in [6.45, 7) is 0.315. The summed E-state index contributed by atoms with van der Waals surface area (Å²) in [7, 11) is 0. The summed E-state index contributed by atoms with van der Waals surface area (Å²) >= 11 is 0. The number of aliphatic carboxylic acids is 2. The van der Waals surface area contributed by atoms with E-state index in [1.807, 2.05) is 0 Å². The van der Waals surface area contributed by atoms with Crippen LogP contribution in [0.25, 0.3) is 0 Å². The number of hydrogen-bond acceptors (Lipinski definition) is 8. The average Bonchev–Trinajstić information content (AvgIpc) is 2.82. The standard InChI is InChI=1S/C23H34N6O8/c24-9-5-4-8-15(21(34)29-17(23(36)37)12-18(26)30)27-22(35)16(10-13-6-2-1-3-7-13)28-20(33)14(25)11-19(31)32/h1-3,6-7,14-17H,4-5,8-12,24-25H2,(H2,26,30)(H,27,35)(H,28,33)(H,29,34)(H,31,32)(H,36,37). The third-order valence-electron chi connectivity index (χ3n) is 5.25. The van der Waals surface area contributed by atoms with Crippen LogP contribution >= 0.6 is 0 Å². The molecule has 0 saturated heterocycles. The lowest BCUT2D eigenvalue weighted by Crippen LogP contribution is -2.58. The van der Waals surface area contributed by atoms with Crippen LogP contribution in [0.4, 0.5) is 0 Å². The van der Waals surface area contributed by atoms with Gasteiger partial charge in [-0.25, -0.2) is 4.79 Å². The maximum Gasteiger partial charge on any atom is 0.326 e. The average molecular weight is 523 g/mol. The fourth-order valence-electron chi connectivity index (χ4n) is 3.33. The van der Waals surface area contributed by atoms with Gasteiger partial charge in [-0.15, -0.1) is 0 Å². The van der Waals surface area contributed by atoms with E-state index in [1.165, 1.54) is 0 Å². The Bertz CT molecular complexity index is 958. The zero-order valence-electron chi connectivity index (χ0n) is 20.2. The normalized spacial score (nSPS) is 13.9. The molecule has 14 nitrogen and oxygen atoms in total. The van der Waals surface area contributed by atoms with Crippen LogP contribution < -0.4 is 33.2 Å². The maximum absolute atomic E-state index is 13.2. The summed E-state index contributed by atoms with van der Waals surface area (Å²) in [5.74, 6) is -6.26. The molecule has 0 aliphatic carbocycles. The molecule has 0 fully saturated rings. The highest BCUT2D eigenvalue weighted by atomic mass is 16.4. The molecule has 37 heavy (non-hydrogen) atoms. The number of nitrogens with one attached hydrogen (secondary N) is 3. The molecular weight excluding hydrogens is 488 g/mol. The zero-order valence-corrected chi connectivity index (χ0v) is 20.2. The first-order valence-corrected chi connectivity index (χ1v) is 11.6. The smallest absolute Gasteiger partial charge is 0.326 e. The van der Waals surface area contributed by atoms with Crippen LogP contribution in [-0.4, -0.2) is 76.5 Å². The molecule has 0 spiro atoms. The van der Waals surface area contributed by atoms with Crippen LogP contribution in [0.5, 0.6) is 0 Å². The topological polar surface area (TPSA) is 257 Å². The Morgan fingerprint density at radius 3 is 1.89 bits per heavy atom. The lowest BCUT2D eigenvalue weighted by Gasteiger charge is -2.25. The number of hydrogen-bond donors (Lipinski definition) is 8. The second-order valence-electron chi connectivity index (χ2n) is 8.37. The van der Waals surface area contributed by atoms with Crippen molar-refractivity contribution < 1.29 is 39.0 Å². The first-order chi connectivity index (χ1) is 17.4. The van der Waals surface area contributed by atoms with E-state index in [1.54, 1.807) is 30.3 Å². The summed E-state index contributed by atoms with van der Waals surface area (Å²) in [5.41, 5.74) is 16.8. The van der Waals surface area contributed by atoms with Gasteiger partial charge in [-0.1, -0.05) is 30.3 Å². The Balaban J connectivity index is 3.11. The Labute approximate surface area is 213 Å². The molecule has 1 aromatic rings. The molecule has 0 saturated carbocycles. The molecule has 4 unspecified atom stereocenters. The largest absolute Gasteiger partial charge is 0.481 e. The highest BCUT2D eigenvalue weighted by molar-refractivity contribution is 5.95. The number of carbonyl (C=O) groups is 6. The molecule has 0 aliphatic heterocycles. The molecule has 0 heterocycles. The second kappa shape index (κ2) is 15.9. The van der Waals surface area contributed by atoms with E-state index < -0.39 is 72.6 Å². The fraction of sp³-hybridized carbons (Fsp3) is 0.478. The Morgan fingerprint density at radius 1 is 0.784 bits per heavy atom. The van der Waals surface area contributed by atoms with Crippen molar-refractivity contribution in [3.05, 3.63) is 35.9 Å². The lowest BCUT2D eigenvalue weighted by molar-refractivity contribution is -0.143. The first kappa shape index (κ1) is 31.0. The summed E-state index contributed by atoms with van der Waals surface area (Å²) in [6.07, 6.45) is -0.319. The Hall–Kier alpha value is -4.04. The molecule has 1 rings (SSSR count). The number of rotatable bonds is 17. The first-order valence-electron chi connectivity index (χ1n) is 11.6. The van der Waals surface area contributed by atoms with Gasteiger partial charge in [0.25, 0.3) is 0 Å². The van der Waals surface area contributed by atoms with E-state index in [2.05, 4.69) is 16.0 Å². The van der Waals surface area contributed by atoms with Crippen LogP contribution in [0.3, 0.4) is 0 Å². The van der Waals surface area contributed by atoms with Crippen molar-refractivity contribution in [3.8, 4) is 0 Å². The Kier molecular flexibility index (Phi) is 13.3. The van der Waals surface area contributed by atoms with Crippen molar-refractivity contribution in [3.63, 3.8) is 0 Å². The number of primary amides is 1. The number of amides is 4. The van der Waals surface area contributed by atoms with E-state index in [9.17, 15) is 33.9 Å². The minimum Gasteiger partial charge on any atom is -0.481 e. The number of benzene rings is 1. The fourth-order valence-corrected chi connectivity index (χ4v) is 3.33. The minimum atomic E-state index is -1.60. The summed E-state index contributed by atoms with van der Waals surface area (Å²) < 4.78 is 0. The van der Waals surface area contributed by atoms with Crippen molar-refractivity contribution >= 4 is 35.6 Å². The van der Waals surface area contributed by atoms with Crippen molar-refractivity contribution in [2.75, 3.05) is 6.54 Å². The summed E-state index contributed by atoms with van der Waals surface area (Å²) in [4.78, 5) is 72.0. The van der Waals surface area contributed by atoms with Crippen LogP contribution in [0.2, 0.25) is 0 Å². The number of unbranched alkanes of at least 4 members (excludes halogenated alkanes) is 1.